The number of hydrogen-bond acceptors (Lipinski definition) is 4. The summed E-state index contributed by atoms with van der Waals surface area (Å²) in [5.41, 5.74) is 0. The van der Waals surface area contributed by atoms with Crippen LogP contribution in [0.4, 0.5) is 0 Å². The molecule has 1 heterocycles. The average Bonchev–Trinajstić information content (AvgIpc) is 2.74. The Labute approximate surface area is 133 Å². The lowest BCUT2D eigenvalue weighted by atomic mass is 10.2. The van der Waals surface area contributed by atoms with Gasteiger partial charge in [0.15, 0.2) is 0 Å². The van der Waals surface area contributed by atoms with Crippen LogP contribution in [0.1, 0.15) is 44.4 Å². The Bertz CT molecular complexity index is 548. The minimum atomic E-state index is -3.41. The van der Waals surface area contributed by atoms with Crippen LogP contribution in [0.2, 0.25) is 0 Å². The Balaban J connectivity index is 3.13. The molecule has 0 amide bonds. The Morgan fingerprint density at radius 1 is 1.29 bits per heavy atom. The highest BCUT2D eigenvalue weighted by Crippen LogP contribution is 2.29. The van der Waals surface area contributed by atoms with Crippen molar-refractivity contribution in [1.82, 2.24) is 9.62 Å². The maximum Gasteiger partial charge on any atom is 0.244 e. The van der Waals surface area contributed by atoms with Crippen molar-refractivity contribution in [1.29, 1.82) is 0 Å². The summed E-state index contributed by atoms with van der Waals surface area (Å²) >= 11 is 1.56. The standard InChI is InChI=1S/C15H28N2O2S2/c1-7-16-9-14-8-15(13(6)20-14)21(18,19)17(12(4)5)10-11(2)3/h8,11-12,16H,7,9-10H2,1-6H3. The third kappa shape index (κ3) is 4.77. The van der Waals surface area contributed by atoms with Gasteiger partial charge in [0.05, 0.1) is 4.90 Å². The number of hydrogen-bond donors (Lipinski definition) is 1. The first kappa shape index (κ1) is 18.6. The molecule has 0 spiro atoms. The molecule has 0 aromatic carbocycles. The van der Waals surface area contributed by atoms with Gasteiger partial charge in [0.2, 0.25) is 10.0 Å². The highest BCUT2D eigenvalue weighted by Gasteiger charge is 2.30. The number of thiophene rings is 1. The predicted molar refractivity (Wildman–Crippen MR) is 90.3 cm³/mol. The van der Waals surface area contributed by atoms with Crippen molar-refractivity contribution in [3.05, 3.63) is 15.8 Å². The molecule has 6 heteroatoms. The number of aryl methyl sites for hydroxylation is 1. The zero-order valence-electron chi connectivity index (χ0n) is 13.9. The largest absolute Gasteiger partial charge is 0.312 e. The highest BCUT2D eigenvalue weighted by atomic mass is 32.2. The summed E-state index contributed by atoms with van der Waals surface area (Å²) in [6, 6.07) is 1.79. The maximum atomic E-state index is 12.9. The van der Waals surface area contributed by atoms with Crippen molar-refractivity contribution >= 4 is 21.4 Å². The summed E-state index contributed by atoms with van der Waals surface area (Å²) in [5, 5.41) is 3.24. The van der Waals surface area contributed by atoms with Crippen LogP contribution in [0, 0.1) is 12.8 Å². The van der Waals surface area contributed by atoms with Gasteiger partial charge in [-0.1, -0.05) is 20.8 Å². The molecule has 0 bridgehead atoms. The zero-order valence-corrected chi connectivity index (χ0v) is 15.6. The SMILES string of the molecule is CCNCc1cc(S(=O)(=O)N(CC(C)C)C(C)C)c(C)s1. The first-order chi connectivity index (χ1) is 9.70. The van der Waals surface area contributed by atoms with Crippen molar-refractivity contribution in [2.75, 3.05) is 13.1 Å². The van der Waals surface area contributed by atoms with Gasteiger partial charge < -0.3 is 5.32 Å². The first-order valence-corrected chi connectivity index (χ1v) is 9.77. The second kappa shape index (κ2) is 7.72. The van der Waals surface area contributed by atoms with E-state index in [1.54, 1.807) is 15.6 Å². The molecule has 0 aliphatic carbocycles. The molecule has 0 aliphatic heterocycles. The van der Waals surface area contributed by atoms with E-state index in [0.717, 1.165) is 22.8 Å². The summed E-state index contributed by atoms with van der Waals surface area (Å²) < 4.78 is 27.5. The lowest BCUT2D eigenvalue weighted by Gasteiger charge is -2.27. The van der Waals surface area contributed by atoms with Gasteiger partial charge in [-0.3, -0.25) is 0 Å². The average molecular weight is 333 g/mol. The second-order valence-corrected chi connectivity index (χ2v) is 9.18. The fraction of sp³-hybridized carbons (Fsp3) is 0.733. The number of nitrogens with zero attached hydrogens (tertiary/aromatic N) is 1. The van der Waals surface area contributed by atoms with Gasteiger partial charge in [-0.05, 0) is 39.3 Å². The molecule has 1 aromatic rings. The molecular weight excluding hydrogens is 304 g/mol. The normalized spacial score (nSPS) is 12.8. The molecule has 0 atom stereocenters. The molecule has 1 aromatic heterocycles. The van der Waals surface area contributed by atoms with E-state index < -0.39 is 10.0 Å². The topological polar surface area (TPSA) is 49.4 Å². The van der Waals surface area contributed by atoms with Gasteiger partial charge in [0.25, 0.3) is 0 Å². The molecule has 0 saturated heterocycles. The van der Waals surface area contributed by atoms with Gasteiger partial charge in [0, 0.05) is 28.9 Å². The molecule has 1 rings (SSSR count). The Morgan fingerprint density at radius 3 is 2.38 bits per heavy atom. The Hall–Kier alpha value is -0.430. The lowest BCUT2D eigenvalue weighted by Crippen LogP contribution is -2.39. The van der Waals surface area contributed by atoms with E-state index in [1.165, 1.54) is 0 Å². The van der Waals surface area contributed by atoms with E-state index in [9.17, 15) is 8.42 Å². The predicted octanol–water partition coefficient (Wildman–Crippen LogP) is 3.22. The summed E-state index contributed by atoms with van der Waals surface area (Å²) in [7, 11) is -3.41. The van der Waals surface area contributed by atoms with Gasteiger partial charge in [-0.15, -0.1) is 11.3 Å². The van der Waals surface area contributed by atoms with Crippen LogP contribution in [-0.4, -0.2) is 31.9 Å². The van der Waals surface area contributed by atoms with E-state index >= 15 is 0 Å². The van der Waals surface area contributed by atoms with E-state index in [-0.39, 0.29) is 6.04 Å². The van der Waals surface area contributed by atoms with E-state index in [0.29, 0.717) is 17.4 Å². The quantitative estimate of drug-likeness (QED) is 0.795. The summed E-state index contributed by atoms with van der Waals surface area (Å²) in [6.07, 6.45) is 0. The van der Waals surface area contributed by atoms with Crippen LogP contribution in [-0.2, 0) is 16.6 Å². The van der Waals surface area contributed by atoms with Crippen LogP contribution < -0.4 is 5.32 Å². The number of rotatable bonds is 8. The zero-order chi connectivity index (χ0) is 16.2. The minimum absolute atomic E-state index is 0.0334. The van der Waals surface area contributed by atoms with Crippen LogP contribution >= 0.6 is 11.3 Å². The Kier molecular flexibility index (Phi) is 6.84. The fourth-order valence-electron chi connectivity index (χ4n) is 2.19. The molecule has 4 nitrogen and oxygen atoms in total. The molecule has 1 N–H and O–H groups in total. The van der Waals surface area contributed by atoms with Crippen molar-refractivity contribution in [3.63, 3.8) is 0 Å². The van der Waals surface area contributed by atoms with E-state index in [4.69, 9.17) is 0 Å². The maximum absolute atomic E-state index is 12.9. The second-order valence-electron chi connectivity index (χ2n) is 5.98. The van der Waals surface area contributed by atoms with Crippen LogP contribution in [0.3, 0.4) is 0 Å². The van der Waals surface area contributed by atoms with Gasteiger partial charge in [-0.25, -0.2) is 8.42 Å². The molecule has 0 fully saturated rings. The smallest absolute Gasteiger partial charge is 0.244 e. The molecule has 0 aliphatic rings. The summed E-state index contributed by atoms with van der Waals surface area (Å²) in [4.78, 5) is 2.41. The minimum Gasteiger partial charge on any atom is -0.312 e. The van der Waals surface area contributed by atoms with Gasteiger partial charge in [0.1, 0.15) is 0 Å². The monoisotopic (exact) mass is 332 g/mol. The summed E-state index contributed by atoms with van der Waals surface area (Å²) in [6.45, 7) is 14.0. The molecule has 21 heavy (non-hydrogen) atoms. The van der Waals surface area contributed by atoms with Gasteiger partial charge >= 0.3 is 0 Å². The third-order valence-electron chi connectivity index (χ3n) is 3.18. The van der Waals surface area contributed by atoms with Crippen molar-refractivity contribution in [2.45, 2.75) is 59.0 Å². The molecule has 0 radical (unpaired) electrons. The van der Waals surface area contributed by atoms with Crippen LogP contribution in [0.15, 0.2) is 11.0 Å². The molecule has 0 unspecified atom stereocenters. The summed E-state index contributed by atoms with van der Waals surface area (Å²) in [5.74, 6) is 0.308. The fourth-order valence-corrected chi connectivity index (χ4v) is 5.56. The van der Waals surface area contributed by atoms with E-state index in [1.807, 2.05) is 47.6 Å². The lowest BCUT2D eigenvalue weighted by molar-refractivity contribution is 0.319. The molecular formula is C15H28N2O2S2. The molecule has 0 saturated carbocycles. The van der Waals surface area contributed by atoms with Gasteiger partial charge in [-0.2, -0.15) is 4.31 Å². The van der Waals surface area contributed by atoms with Crippen molar-refractivity contribution in [3.8, 4) is 0 Å². The van der Waals surface area contributed by atoms with Crippen LogP contribution in [0.25, 0.3) is 0 Å². The van der Waals surface area contributed by atoms with Crippen LogP contribution in [0.5, 0.6) is 0 Å². The van der Waals surface area contributed by atoms with Crippen molar-refractivity contribution in [2.24, 2.45) is 5.92 Å². The Morgan fingerprint density at radius 2 is 1.90 bits per heavy atom. The number of nitrogens with one attached hydrogen (secondary N) is 1. The number of sulfonamides is 1. The molecule has 122 valence electrons. The van der Waals surface area contributed by atoms with E-state index in [2.05, 4.69) is 5.32 Å². The third-order valence-corrected chi connectivity index (χ3v) is 6.53. The highest BCUT2D eigenvalue weighted by molar-refractivity contribution is 7.89. The van der Waals surface area contributed by atoms with Crippen molar-refractivity contribution < 1.29 is 8.42 Å². The first-order valence-electron chi connectivity index (χ1n) is 7.52.